The van der Waals surface area contributed by atoms with Gasteiger partial charge in [-0.25, -0.2) is 9.59 Å². The van der Waals surface area contributed by atoms with Gasteiger partial charge >= 0.3 is 12.0 Å². The average Bonchev–Trinajstić information content (AvgIpc) is 2.53. The van der Waals surface area contributed by atoms with E-state index in [0.29, 0.717) is 0 Å². The maximum absolute atomic E-state index is 11.8. The molecule has 0 aromatic heterocycles. The Labute approximate surface area is 131 Å². The predicted octanol–water partition coefficient (Wildman–Crippen LogP) is -0.176. The molecule has 1 aliphatic heterocycles. The Morgan fingerprint density at radius 1 is 1.22 bits per heavy atom. The third-order valence-corrected chi connectivity index (χ3v) is 3.20. The third kappa shape index (κ3) is 4.22. The molecule has 0 spiro atoms. The number of urea groups is 1. The van der Waals surface area contributed by atoms with Crippen molar-refractivity contribution >= 4 is 30.0 Å². The summed E-state index contributed by atoms with van der Waals surface area (Å²) in [4.78, 5) is 50.1. The molecule has 1 saturated heterocycles. The molecule has 0 aliphatic carbocycles. The fraction of sp³-hybridized carbons (Fsp3) is 0.267. The van der Waals surface area contributed by atoms with Crippen LogP contribution in [0.3, 0.4) is 0 Å². The minimum Gasteiger partial charge on any atom is -0.467 e. The number of imide groups is 2. The Kier molecular flexibility index (Phi) is 5.19. The standard InChI is InChI=1S/C15H15N3O5/c1-23-14(21)11(7-9-5-3-2-4-6-9)16-8-10-12(19)17-15(22)18-13(10)20/h2-6,8,10-11H,7H2,1H3,(H2,17,18,19,20,22)/t11-/m1/s1. The van der Waals surface area contributed by atoms with Gasteiger partial charge < -0.3 is 4.74 Å². The highest BCUT2D eigenvalue weighted by Crippen LogP contribution is 2.08. The van der Waals surface area contributed by atoms with Crippen LogP contribution in [0.15, 0.2) is 35.3 Å². The first kappa shape index (κ1) is 16.3. The zero-order valence-corrected chi connectivity index (χ0v) is 12.3. The summed E-state index contributed by atoms with van der Waals surface area (Å²) in [6, 6.07) is 7.36. The largest absolute Gasteiger partial charge is 0.467 e. The van der Waals surface area contributed by atoms with Crippen molar-refractivity contribution in [3.8, 4) is 0 Å². The molecule has 8 heteroatoms. The first-order valence-electron chi connectivity index (χ1n) is 6.82. The highest BCUT2D eigenvalue weighted by Gasteiger charge is 2.33. The summed E-state index contributed by atoms with van der Waals surface area (Å²) >= 11 is 0. The molecule has 2 rings (SSSR count). The summed E-state index contributed by atoms with van der Waals surface area (Å²) in [5, 5.41) is 3.92. The van der Waals surface area contributed by atoms with Crippen molar-refractivity contribution in [2.75, 3.05) is 7.11 Å². The van der Waals surface area contributed by atoms with Crippen molar-refractivity contribution in [2.45, 2.75) is 12.5 Å². The van der Waals surface area contributed by atoms with Crippen LogP contribution in [0, 0.1) is 5.92 Å². The lowest BCUT2D eigenvalue weighted by molar-refractivity contribution is -0.142. The van der Waals surface area contributed by atoms with Crippen LogP contribution in [0.25, 0.3) is 0 Å². The molecule has 8 nitrogen and oxygen atoms in total. The van der Waals surface area contributed by atoms with Crippen LogP contribution in [-0.2, 0) is 25.5 Å². The van der Waals surface area contributed by atoms with Crippen molar-refractivity contribution in [2.24, 2.45) is 10.9 Å². The lowest BCUT2D eigenvalue weighted by atomic mass is 10.1. The van der Waals surface area contributed by atoms with E-state index in [1.54, 1.807) is 0 Å². The molecular formula is C15H15N3O5. The van der Waals surface area contributed by atoms with E-state index in [4.69, 9.17) is 0 Å². The molecule has 120 valence electrons. The molecular weight excluding hydrogens is 302 g/mol. The first-order chi connectivity index (χ1) is 11.0. The van der Waals surface area contributed by atoms with Gasteiger partial charge in [-0.2, -0.15) is 0 Å². The molecule has 0 unspecified atom stereocenters. The summed E-state index contributed by atoms with van der Waals surface area (Å²) in [5.41, 5.74) is 0.854. The molecule has 4 amide bonds. The number of rotatable bonds is 5. The van der Waals surface area contributed by atoms with Crippen LogP contribution in [0.1, 0.15) is 5.56 Å². The Balaban J connectivity index is 2.14. The first-order valence-corrected chi connectivity index (χ1v) is 6.82. The number of hydrogen-bond acceptors (Lipinski definition) is 6. The normalized spacial score (nSPS) is 16.8. The predicted molar refractivity (Wildman–Crippen MR) is 79.6 cm³/mol. The SMILES string of the molecule is COC(=O)[C@@H](Cc1ccccc1)N=CC1C(=O)NC(=O)NC1=O. The summed E-state index contributed by atoms with van der Waals surface area (Å²) in [6.45, 7) is 0. The molecule has 23 heavy (non-hydrogen) atoms. The minimum atomic E-state index is -1.27. The summed E-state index contributed by atoms with van der Waals surface area (Å²) < 4.78 is 4.69. The summed E-state index contributed by atoms with van der Waals surface area (Å²) in [6.07, 6.45) is 1.32. The Hall–Kier alpha value is -3.03. The van der Waals surface area contributed by atoms with Gasteiger partial charge in [-0.05, 0) is 5.56 Å². The monoisotopic (exact) mass is 317 g/mol. The van der Waals surface area contributed by atoms with Crippen LogP contribution >= 0.6 is 0 Å². The van der Waals surface area contributed by atoms with Gasteiger partial charge in [0.1, 0.15) is 0 Å². The molecule has 0 saturated carbocycles. The fourth-order valence-electron chi connectivity index (χ4n) is 2.03. The fourth-order valence-corrected chi connectivity index (χ4v) is 2.03. The van der Waals surface area contributed by atoms with E-state index in [9.17, 15) is 19.2 Å². The topological polar surface area (TPSA) is 114 Å². The highest BCUT2D eigenvalue weighted by molar-refractivity contribution is 6.23. The molecule has 1 atom stereocenters. The van der Waals surface area contributed by atoms with Gasteiger partial charge in [0.05, 0.1) is 7.11 Å². The number of nitrogens with one attached hydrogen (secondary N) is 2. The number of ether oxygens (including phenoxy) is 1. The summed E-state index contributed by atoms with van der Waals surface area (Å²) in [7, 11) is 1.23. The van der Waals surface area contributed by atoms with Gasteiger partial charge in [0, 0.05) is 12.6 Å². The highest BCUT2D eigenvalue weighted by atomic mass is 16.5. The lowest BCUT2D eigenvalue weighted by Gasteiger charge is -2.18. The third-order valence-electron chi connectivity index (χ3n) is 3.20. The van der Waals surface area contributed by atoms with Gasteiger partial charge in [0.15, 0.2) is 12.0 Å². The van der Waals surface area contributed by atoms with Crippen LogP contribution in [-0.4, -0.2) is 43.2 Å². The quantitative estimate of drug-likeness (QED) is 0.444. The number of benzene rings is 1. The number of esters is 1. The molecule has 2 N–H and O–H groups in total. The number of barbiturate groups is 1. The Morgan fingerprint density at radius 2 is 1.83 bits per heavy atom. The zero-order valence-electron chi connectivity index (χ0n) is 12.3. The van der Waals surface area contributed by atoms with Gasteiger partial charge in [0.25, 0.3) is 0 Å². The maximum atomic E-state index is 11.8. The molecule has 1 aromatic carbocycles. The number of methoxy groups -OCH3 is 1. The molecule has 1 aromatic rings. The molecule has 1 aliphatic rings. The van der Waals surface area contributed by atoms with Gasteiger partial charge in [-0.3, -0.25) is 25.2 Å². The van der Waals surface area contributed by atoms with Crippen molar-refractivity contribution in [1.82, 2.24) is 10.6 Å². The van der Waals surface area contributed by atoms with Crippen LogP contribution in [0.2, 0.25) is 0 Å². The number of carbonyl (C=O) groups excluding carboxylic acids is 4. The van der Waals surface area contributed by atoms with Crippen LogP contribution in [0.4, 0.5) is 4.79 Å². The second-order valence-corrected chi connectivity index (χ2v) is 4.81. The van der Waals surface area contributed by atoms with Gasteiger partial charge in [0.2, 0.25) is 11.8 Å². The van der Waals surface area contributed by atoms with Gasteiger partial charge in [-0.1, -0.05) is 30.3 Å². The van der Waals surface area contributed by atoms with Crippen LogP contribution in [0.5, 0.6) is 0 Å². The van der Waals surface area contributed by atoms with E-state index in [-0.39, 0.29) is 6.42 Å². The number of carbonyl (C=O) groups is 4. The average molecular weight is 317 g/mol. The number of hydrogen-bond donors (Lipinski definition) is 2. The van der Waals surface area contributed by atoms with E-state index in [2.05, 4.69) is 9.73 Å². The van der Waals surface area contributed by atoms with E-state index in [1.807, 2.05) is 41.0 Å². The van der Waals surface area contributed by atoms with Crippen molar-refractivity contribution in [3.63, 3.8) is 0 Å². The molecule has 1 fully saturated rings. The number of nitrogens with zero attached hydrogens (tertiary/aromatic N) is 1. The van der Waals surface area contributed by atoms with E-state index >= 15 is 0 Å². The number of amides is 4. The zero-order chi connectivity index (χ0) is 16.8. The smallest absolute Gasteiger partial charge is 0.330 e. The Bertz CT molecular complexity index is 636. The van der Waals surface area contributed by atoms with Crippen molar-refractivity contribution < 1.29 is 23.9 Å². The Morgan fingerprint density at radius 3 is 2.39 bits per heavy atom. The van der Waals surface area contributed by atoms with Gasteiger partial charge in [-0.15, -0.1) is 0 Å². The molecule has 0 radical (unpaired) electrons. The van der Waals surface area contributed by atoms with E-state index in [1.165, 1.54) is 7.11 Å². The lowest BCUT2D eigenvalue weighted by Crippen LogP contribution is -2.56. The molecule has 0 bridgehead atoms. The maximum Gasteiger partial charge on any atom is 0.330 e. The number of aliphatic imine (C=N–C) groups is 1. The second kappa shape index (κ2) is 7.30. The van der Waals surface area contributed by atoms with Crippen LogP contribution < -0.4 is 10.6 Å². The molecule has 1 heterocycles. The van der Waals surface area contributed by atoms with Crippen molar-refractivity contribution in [3.05, 3.63) is 35.9 Å². The second-order valence-electron chi connectivity index (χ2n) is 4.81. The summed E-state index contributed by atoms with van der Waals surface area (Å²) in [5.74, 6) is -3.43. The van der Waals surface area contributed by atoms with E-state index < -0.39 is 35.8 Å². The minimum absolute atomic E-state index is 0.263. The van der Waals surface area contributed by atoms with E-state index in [0.717, 1.165) is 11.8 Å². The van der Waals surface area contributed by atoms with Crippen molar-refractivity contribution in [1.29, 1.82) is 0 Å².